The molecule has 0 aliphatic rings. The van der Waals surface area contributed by atoms with Gasteiger partial charge in [0.15, 0.2) is 6.10 Å². The van der Waals surface area contributed by atoms with Crippen molar-refractivity contribution in [2.75, 3.05) is 5.32 Å². The molecule has 3 aromatic rings. The maximum atomic E-state index is 13.6. The molecule has 0 saturated carbocycles. The van der Waals surface area contributed by atoms with Gasteiger partial charge in [-0.1, -0.05) is 48.5 Å². The van der Waals surface area contributed by atoms with Crippen molar-refractivity contribution in [3.05, 3.63) is 84.4 Å². The molecule has 1 amide bonds. The maximum Gasteiger partial charge on any atom is 0.265 e. The number of halogens is 2. The summed E-state index contributed by atoms with van der Waals surface area (Å²) >= 11 is 0. The predicted molar refractivity (Wildman–Crippen MR) is 97.0 cm³/mol. The lowest BCUT2D eigenvalue weighted by Gasteiger charge is -2.15. The van der Waals surface area contributed by atoms with Crippen molar-refractivity contribution in [3.63, 3.8) is 0 Å². The molecule has 3 nitrogen and oxygen atoms in total. The van der Waals surface area contributed by atoms with E-state index in [1.54, 1.807) is 12.1 Å². The van der Waals surface area contributed by atoms with Crippen molar-refractivity contribution in [1.82, 2.24) is 0 Å². The standard InChI is InChI=1S/C21H17F2NO2/c1-14(21(25)24-20-18(22)8-5-9-19(20)23)26-17-12-10-16(11-13-17)15-6-3-2-4-7-15/h2-14H,1H3,(H,24,25). The van der Waals surface area contributed by atoms with Gasteiger partial charge in [-0.05, 0) is 42.3 Å². The van der Waals surface area contributed by atoms with Gasteiger partial charge >= 0.3 is 0 Å². The molecule has 0 radical (unpaired) electrons. The zero-order chi connectivity index (χ0) is 18.5. The first kappa shape index (κ1) is 17.6. The second-order valence-corrected chi connectivity index (χ2v) is 5.74. The molecule has 132 valence electrons. The van der Waals surface area contributed by atoms with Crippen molar-refractivity contribution in [3.8, 4) is 16.9 Å². The van der Waals surface area contributed by atoms with Crippen LogP contribution in [0.25, 0.3) is 11.1 Å². The van der Waals surface area contributed by atoms with E-state index in [2.05, 4.69) is 5.32 Å². The largest absolute Gasteiger partial charge is 0.481 e. The first-order valence-corrected chi connectivity index (χ1v) is 8.11. The van der Waals surface area contributed by atoms with Crippen LogP contribution in [0.3, 0.4) is 0 Å². The lowest BCUT2D eigenvalue weighted by atomic mass is 10.1. The number of hydrogen-bond donors (Lipinski definition) is 1. The summed E-state index contributed by atoms with van der Waals surface area (Å²) in [5.74, 6) is -1.82. The van der Waals surface area contributed by atoms with Crippen LogP contribution in [0.15, 0.2) is 72.8 Å². The Hall–Kier alpha value is -3.21. The van der Waals surface area contributed by atoms with Gasteiger partial charge in [-0.2, -0.15) is 0 Å². The Bertz CT molecular complexity index is 875. The molecule has 1 atom stereocenters. The molecule has 5 heteroatoms. The number of rotatable bonds is 5. The number of benzene rings is 3. The number of amides is 1. The molecule has 0 spiro atoms. The highest BCUT2D eigenvalue weighted by atomic mass is 19.1. The highest BCUT2D eigenvalue weighted by molar-refractivity contribution is 5.94. The molecular formula is C21H17F2NO2. The third kappa shape index (κ3) is 4.06. The van der Waals surface area contributed by atoms with Gasteiger partial charge in [0.25, 0.3) is 5.91 Å². The molecule has 0 bridgehead atoms. The summed E-state index contributed by atoms with van der Waals surface area (Å²) in [4.78, 5) is 12.1. The lowest BCUT2D eigenvalue weighted by Crippen LogP contribution is -2.30. The van der Waals surface area contributed by atoms with Gasteiger partial charge < -0.3 is 10.1 Å². The van der Waals surface area contributed by atoms with Gasteiger partial charge in [-0.25, -0.2) is 8.78 Å². The summed E-state index contributed by atoms with van der Waals surface area (Å²) in [7, 11) is 0. The van der Waals surface area contributed by atoms with E-state index in [-0.39, 0.29) is 0 Å². The van der Waals surface area contributed by atoms with Gasteiger partial charge in [0.05, 0.1) is 0 Å². The van der Waals surface area contributed by atoms with E-state index in [9.17, 15) is 13.6 Å². The molecule has 26 heavy (non-hydrogen) atoms. The Labute approximate surface area is 150 Å². The normalized spacial score (nSPS) is 11.7. The van der Waals surface area contributed by atoms with Crippen LogP contribution in [0, 0.1) is 11.6 Å². The van der Waals surface area contributed by atoms with Crippen molar-refractivity contribution in [2.24, 2.45) is 0 Å². The summed E-state index contributed by atoms with van der Waals surface area (Å²) in [6.07, 6.45) is -0.920. The van der Waals surface area contributed by atoms with Crippen molar-refractivity contribution < 1.29 is 18.3 Å². The average molecular weight is 353 g/mol. The highest BCUT2D eigenvalue weighted by Gasteiger charge is 2.18. The molecule has 0 aliphatic heterocycles. The Morgan fingerprint density at radius 1 is 0.846 bits per heavy atom. The number of para-hydroxylation sites is 1. The Balaban J connectivity index is 1.66. The predicted octanol–water partition coefficient (Wildman–Crippen LogP) is 5.04. The van der Waals surface area contributed by atoms with Crippen molar-refractivity contribution >= 4 is 11.6 Å². The number of nitrogens with one attached hydrogen (secondary N) is 1. The topological polar surface area (TPSA) is 38.3 Å². The van der Waals surface area contributed by atoms with Crippen LogP contribution >= 0.6 is 0 Å². The minimum atomic E-state index is -0.920. The summed E-state index contributed by atoms with van der Waals surface area (Å²) in [6, 6.07) is 20.5. The summed E-state index contributed by atoms with van der Waals surface area (Å²) < 4.78 is 32.8. The van der Waals surface area contributed by atoms with Crippen LogP contribution in [0.4, 0.5) is 14.5 Å². The lowest BCUT2D eigenvalue weighted by molar-refractivity contribution is -0.122. The third-order valence-corrected chi connectivity index (χ3v) is 3.85. The smallest absolute Gasteiger partial charge is 0.265 e. The fourth-order valence-electron chi connectivity index (χ4n) is 2.46. The zero-order valence-corrected chi connectivity index (χ0v) is 14.1. The fraction of sp³-hybridized carbons (Fsp3) is 0.0952. The van der Waals surface area contributed by atoms with Crippen LogP contribution in [0.1, 0.15) is 6.92 Å². The third-order valence-electron chi connectivity index (χ3n) is 3.85. The first-order chi connectivity index (χ1) is 12.5. The molecule has 0 heterocycles. The minimum Gasteiger partial charge on any atom is -0.481 e. The Morgan fingerprint density at radius 2 is 1.42 bits per heavy atom. The highest BCUT2D eigenvalue weighted by Crippen LogP contribution is 2.23. The molecule has 1 unspecified atom stereocenters. The molecule has 3 aromatic carbocycles. The first-order valence-electron chi connectivity index (χ1n) is 8.11. The molecule has 3 rings (SSSR count). The minimum absolute atomic E-state index is 0.479. The molecule has 0 aromatic heterocycles. The van der Waals surface area contributed by atoms with Gasteiger partial charge in [0.1, 0.15) is 23.1 Å². The Morgan fingerprint density at radius 3 is 2.04 bits per heavy atom. The van der Waals surface area contributed by atoms with Gasteiger partial charge in [-0.3, -0.25) is 4.79 Å². The van der Waals surface area contributed by atoms with Gasteiger partial charge in [-0.15, -0.1) is 0 Å². The van der Waals surface area contributed by atoms with Crippen molar-refractivity contribution in [2.45, 2.75) is 13.0 Å². The van der Waals surface area contributed by atoms with Crippen LogP contribution in [-0.4, -0.2) is 12.0 Å². The van der Waals surface area contributed by atoms with E-state index in [1.807, 2.05) is 42.5 Å². The van der Waals surface area contributed by atoms with E-state index in [0.717, 1.165) is 23.3 Å². The molecule has 1 N–H and O–H groups in total. The van der Waals surface area contributed by atoms with Gasteiger partial charge in [0.2, 0.25) is 0 Å². The van der Waals surface area contributed by atoms with E-state index < -0.39 is 29.3 Å². The van der Waals surface area contributed by atoms with Crippen LogP contribution in [0.2, 0.25) is 0 Å². The molecule has 0 fully saturated rings. The number of carbonyl (C=O) groups is 1. The Kier molecular flexibility index (Phi) is 5.27. The summed E-state index contributed by atoms with van der Waals surface area (Å²) in [6.45, 7) is 1.51. The summed E-state index contributed by atoms with van der Waals surface area (Å²) in [5, 5.41) is 2.22. The SMILES string of the molecule is CC(Oc1ccc(-c2ccccc2)cc1)C(=O)Nc1c(F)cccc1F. The fourth-order valence-corrected chi connectivity index (χ4v) is 2.46. The van der Waals surface area contributed by atoms with E-state index in [0.29, 0.717) is 5.75 Å². The number of ether oxygens (including phenoxy) is 1. The van der Waals surface area contributed by atoms with E-state index >= 15 is 0 Å². The second kappa shape index (κ2) is 7.78. The van der Waals surface area contributed by atoms with Crippen LogP contribution < -0.4 is 10.1 Å². The van der Waals surface area contributed by atoms with E-state index in [1.165, 1.54) is 13.0 Å². The quantitative estimate of drug-likeness (QED) is 0.698. The molecule has 0 saturated heterocycles. The molecule has 0 aliphatic carbocycles. The zero-order valence-electron chi connectivity index (χ0n) is 14.1. The monoisotopic (exact) mass is 353 g/mol. The maximum absolute atomic E-state index is 13.6. The number of carbonyl (C=O) groups excluding carboxylic acids is 1. The molecular weight excluding hydrogens is 336 g/mol. The number of hydrogen-bond acceptors (Lipinski definition) is 2. The number of anilines is 1. The van der Waals surface area contributed by atoms with E-state index in [4.69, 9.17) is 4.74 Å². The van der Waals surface area contributed by atoms with Crippen LogP contribution in [-0.2, 0) is 4.79 Å². The second-order valence-electron chi connectivity index (χ2n) is 5.74. The van der Waals surface area contributed by atoms with Crippen molar-refractivity contribution in [1.29, 1.82) is 0 Å². The summed E-state index contributed by atoms with van der Waals surface area (Å²) in [5.41, 5.74) is 1.61. The van der Waals surface area contributed by atoms with Crippen LogP contribution in [0.5, 0.6) is 5.75 Å². The van der Waals surface area contributed by atoms with Gasteiger partial charge in [0, 0.05) is 0 Å². The average Bonchev–Trinajstić information content (AvgIpc) is 2.66.